The van der Waals surface area contributed by atoms with Gasteiger partial charge in [0.15, 0.2) is 0 Å². The maximum atomic E-state index is 13.7. The standard InChI is InChI=1S/C18H15ClF3N3O2/c19-12-3-1-11(2-4-12)15(10-26)14-6-5-13(9-16(14)18(20,21)22)25-17(27)23-7-8-24-25/h1-6,8-9,15,26H,7,10H2,(H,23,27). The summed E-state index contributed by atoms with van der Waals surface area (Å²) in [6.07, 6.45) is -3.30. The van der Waals surface area contributed by atoms with E-state index in [0.717, 1.165) is 11.1 Å². The molecule has 0 bridgehead atoms. The van der Waals surface area contributed by atoms with Crippen LogP contribution in [0.1, 0.15) is 22.6 Å². The Bertz CT molecular complexity index is 869. The Kier molecular flexibility index (Phi) is 5.38. The fourth-order valence-electron chi connectivity index (χ4n) is 2.87. The molecule has 1 unspecified atom stereocenters. The van der Waals surface area contributed by atoms with Gasteiger partial charge in [-0.15, -0.1) is 0 Å². The van der Waals surface area contributed by atoms with E-state index in [4.69, 9.17) is 11.6 Å². The zero-order valence-corrected chi connectivity index (χ0v) is 14.6. The zero-order valence-electron chi connectivity index (χ0n) is 13.9. The van der Waals surface area contributed by atoms with Crippen molar-refractivity contribution in [2.45, 2.75) is 12.1 Å². The molecule has 0 saturated carbocycles. The Morgan fingerprint density at radius 2 is 1.93 bits per heavy atom. The van der Waals surface area contributed by atoms with Gasteiger partial charge < -0.3 is 10.4 Å². The molecule has 0 aromatic heterocycles. The average Bonchev–Trinajstić information content (AvgIpc) is 2.64. The highest BCUT2D eigenvalue weighted by Gasteiger charge is 2.36. The van der Waals surface area contributed by atoms with Crippen LogP contribution in [0.3, 0.4) is 0 Å². The summed E-state index contributed by atoms with van der Waals surface area (Å²) in [5, 5.41) is 17.4. The van der Waals surface area contributed by atoms with Crippen LogP contribution in [-0.4, -0.2) is 30.5 Å². The number of hydrogen-bond acceptors (Lipinski definition) is 3. The predicted octanol–water partition coefficient (Wildman–Crippen LogP) is 4.00. The number of rotatable bonds is 4. The Balaban J connectivity index is 2.09. The van der Waals surface area contributed by atoms with Crippen molar-refractivity contribution in [3.05, 3.63) is 64.2 Å². The van der Waals surface area contributed by atoms with Crippen molar-refractivity contribution in [2.24, 2.45) is 5.10 Å². The molecule has 1 aliphatic rings. The molecule has 2 aromatic rings. The van der Waals surface area contributed by atoms with Gasteiger partial charge in [-0.25, -0.2) is 4.79 Å². The third-order valence-corrected chi connectivity index (χ3v) is 4.40. The number of amides is 2. The Hall–Kier alpha value is -2.58. The molecule has 142 valence electrons. The molecule has 9 heteroatoms. The van der Waals surface area contributed by atoms with E-state index in [-0.39, 0.29) is 17.8 Å². The second kappa shape index (κ2) is 7.58. The number of hydrazone groups is 1. The SMILES string of the molecule is O=C1NCC=NN1c1ccc(C(CO)c2ccc(Cl)cc2)c(C(F)(F)F)c1. The normalized spacial score (nSPS) is 15.6. The molecule has 2 N–H and O–H groups in total. The molecule has 0 radical (unpaired) electrons. The van der Waals surface area contributed by atoms with E-state index in [1.807, 2.05) is 0 Å². The summed E-state index contributed by atoms with van der Waals surface area (Å²) in [4.78, 5) is 11.9. The topological polar surface area (TPSA) is 64.9 Å². The number of nitrogens with zero attached hydrogens (tertiary/aromatic N) is 2. The molecule has 2 amide bonds. The second-order valence-corrected chi connectivity index (χ2v) is 6.29. The minimum atomic E-state index is -4.68. The van der Waals surface area contributed by atoms with Crippen molar-refractivity contribution in [1.29, 1.82) is 0 Å². The number of halogens is 4. The summed E-state index contributed by atoms with van der Waals surface area (Å²) >= 11 is 5.83. The summed E-state index contributed by atoms with van der Waals surface area (Å²) in [6, 6.07) is 9.10. The maximum absolute atomic E-state index is 13.7. The minimum Gasteiger partial charge on any atom is -0.395 e. The minimum absolute atomic E-state index is 0.0210. The molecule has 0 fully saturated rings. The number of hydrogen-bond donors (Lipinski definition) is 2. The zero-order chi connectivity index (χ0) is 19.6. The van der Waals surface area contributed by atoms with Crippen molar-refractivity contribution < 1.29 is 23.1 Å². The monoisotopic (exact) mass is 397 g/mol. The molecule has 1 atom stereocenters. The Labute approximate surface area is 158 Å². The lowest BCUT2D eigenvalue weighted by Crippen LogP contribution is -2.41. The number of anilines is 1. The van der Waals surface area contributed by atoms with E-state index in [0.29, 0.717) is 10.6 Å². The van der Waals surface area contributed by atoms with Crippen molar-refractivity contribution in [3.63, 3.8) is 0 Å². The summed E-state index contributed by atoms with van der Waals surface area (Å²) < 4.78 is 41.1. The van der Waals surface area contributed by atoms with Crippen LogP contribution in [0.25, 0.3) is 0 Å². The highest BCUT2D eigenvalue weighted by molar-refractivity contribution is 6.30. The molecule has 5 nitrogen and oxygen atoms in total. The van der Waals surface area contributed by atoms with Gasteiger partial charge in [-0.05, 0) is 35.4 Å². The number of nitrogens with one attached hydrogen (secondary N) is 1. The first kappa shape index (κ1) is 19.2. The van der Waals surface area contributed by atoms with Gasteiger partial charge in [0, 0.05) is 17.2 Å². The van der Waals surface area contributed by atoms with Crippen LogP contribution in [0, 0.1) is 0 Å². The molecule has 0 spiro atoms. The molecular formula is C18H15ClF3N3O2. The molecule has 2 aromatic carbocycles. The van der Waals surface area contributed by atoms with E-state index in [1.165, 1.54) is 18.3 Å². The van der Waals surface area contributed by atoms with Crippen LogP contribution < -0.4 is 10.3 Å². The summed E-state index contributed by atoms with van der Waals surface area (Å²) in [5.74, 6) is -0.897. The fourth-order valence-corrected chi connectivity index (χ4v) is 3.00. The summed E-state index contributed by atoms with van der Waals surface area (Å²) in [7, 11) is 0. The van der Waals surface area contributed by atoms with Gasteiger partial charge in [0.2, 0.25) is 0 Å². The predicted molar refractivity (Wildman–Crippen MR) is 96.2 cm³/mol. The number of carbonyl (C=O) groups is 1. The van der Waals surface area contributed by atoms with E-state index >= 15 is 0 Å². The van der Waals surface area contributed by atoms with E-state index in [9.17, 15) is 23.1 Å². The maximum Gasteiger partial charge on any atom is 0.416 e. The Morgan fingerprint density at radius 1 is 1.22 bits per heavy atom. The average molecular weight is 398 g/mol. The molecule has 0 saturated heterocycles. The molecule has 1 heterocycles. The van der Waals surface area contributed by atoms with Gasteiger partial charge in [0.25, 0.3) is 0 Å². The lowest BCUT2D eigenvalue weighted by Gasteiger charge is -2.25. The lowest BCUT2D eigenvalue weighted by atomic mass is 9.88. The number of aliphatic hydroxyl groups is 1. The van der Waals surface area contributed by atoms with Crippen molar-refractivity contribution in [1.82, 2.24) is 5.32 Å². The quantitative estimate of drug-likeness (QED) is 0.819. The second-order valence-electron chi connectivity index (χ2n) is 5.85. The fraction of sp³-hybridized carbons (Fsp3) is 0.222. The van der Waals surface area contributed by atoms with E-state index in [1.54, 1.807) is 24.3 Å². The van der Waals surface area contributed by atoms with Gasteiger partial charge >= 0.3 is 12.2 Å². The first-order chi connectivity index (χ1) is 12.8. The van der Waals surface area contributed by atoms with Crippen LogP contribution >= 0.6 is 11.6 Å². The summed E-state index contributed by atoms with van der Waals surface area (Å²) in [5.41, 5.74) is -0.568. The first-order valence-electron chi connectivity index (χ1n) is 7.99. The number of benzene rings is 2. The molecule has 3 rings (SSSR count). The van der Waals surface area contributed by atoms with E-state index < -0.39 is 30.3 Å². The van der Waals surface area contributed by atoms with Crippen LogP contribution in [0.2, 0.25) is 5.02 Å². The molecule has 0 aliphatic carbocycles. The van der Waals surface area contributed by atoms with Crippen molar-refractivity contribution >= 4 is 29.5 Å². The number of aliphatic hydroxyl groups excluding tert-OH is 1. The van der Waals surface area contributed by atoms with Crippen LogP contribution in [-0.2, 0) is 6.18 Å². The smallest absolute Gasteiger partial charge is 0.395 e. The van der Waals surface area contributed by atoms with Crippen LogP contribution in [0.4, 0.5) is 23.7 Å². The molecular weight excluding hydrogens is 383 g/mol. The highest BCUT2D eigenvalue weighted by atomic mass is 35.5. The largest absolute Gasteiger partial charge is 0.416 e. The third kappa shape index (κ3) is 4.06. The van der Waals surface area contributed by atoms with Crippen LogP contribution in [0.15, 0.2) is 47.6 Å². The lowest BCUT2D eigenvalue weighted by molar-refractivity contribution is -0.138. The summed E-state index contributed by atoms with van der Waals surface area (Å²) in [6.45, 7) is -0.310. The van der Waals surface area contributed by atoms with Crippen molar-refractivity contribution in [3.8, 4) is 0 Å². The molecule has 27 heavy (non-hydrogen) atoms. The van der Waals surface area contributed by atoms with Crippen LogP contribution in [0.5, 0.6) is 0 Å². The van der Waals surface area contributed by atoms with Gasteiger partial charge in [-0.3, -0.25) is 0 Å². The van der Waals surface area contributed by atoms with E-state index in [2.05, 4.69) is 10.4 Å². The first-order valence-corrected chi connectivity index (χ1v) is 8.37. The Morgan fingerprint density at radius 3 is 2.52 bits per heavy atom. The number of carbonyl (C=O) groups excluding carboxylic acids is 1. The van der Waals surface area contributed by atoms with Gasteiger partial charge in [-0.1, -0.05) is 29.8 Å². The van der Waals surface area contributed by atoms with Gasteiger partial charge in [0.1, 0.15) is 0 Å². The molecule has 1 aliphatic heterocycles. The van der Waals surface area contributed by atoms with Crippen molar-refractivity contribution in [2.75, 3.05) is 18.2 Å². The highest BCUT2D eigenvalue weighted by Crippen LogP contribution is 2.39. The third-order valence-electron chi connectivity index (χ3n) is 4.15. The van der Waals surface area contributed by atoms with Gasteiger partial charge in [-0.2, -0.15) is 23.3 Å². The number of alkyl halides is 3. The van der Waals surface area contributed by atoms with Gasteiger partial charge in [0.05, 0.1) is 24.4 Å². The number of urea groups is 1.